The Bertz CT molecular complexity index is 1090. The van der Waals surface area contributed by atoms with Crippen LogP contribution in [0.1, 0.15) is 47.1 Å². The van der Waals surface area contributed by atoms with E-state index in [1.54, 1.807) is 18.1 Å². The van der Waals surface area contributed by atoms with Gasteiger partial charge in [-0.2, -0.15) is 0 Å². The Hall–Kier alpha value is -2.80. The predicted octanol–water partition coefficient (Wildman–Crippen LogP) is 4.87. The van der Waals surface area contributed by atoms with Gasteiger partial charge in [-0.05, 0) is 49.2 Å². The van der Waals surface area contributed by atoms with Crippen molar-refractivity contribution in [2.45, 2.75) is 25.4 Å². The van der Waals surface area contributed by atoms with Gasteiger partial charge in [0.1, 0.15) is 23.3 Å². The van der Waals surface area contributed by atoms with Crippen molar-refractivity contribution in [3.63, 3.8) is 0 Å². The van der Waals surface area contributed by atoms with Gasteiger partial charge in [-0.15, -0.1) is 0 Å². The van der Waals surface area contributed by atoms with E-state index in [4.69, 9.17) is 4.74 Å². The molecule has 1 unspecified atom stereocenters. The third-order valence-corrected chi connectivity index (χ3v) is 6.04. The first kappa shape index (κ1) is 19.5. The van der Waals surface area contributed by atoms with E-state index in [2.05, 4.69) is 25.9 Å². The number of carbonyl (C=O) groups is 1. The van der Waals surface area contributed by atoms with Crippen LogP contribution in [0.25, 0.3) is 0 Å². The fraction of sp³-hybridized carbons (Fsp3) is 0.227. The lowest BCUT2D eigenvalue weighted by Gasteiger charge is -2.40. The number of halogens is 2. The van der Waals surface area contributed by atoms with E-state index in [0.29, 0.717) is 11.1 Å². The molecule has 1 aliphatic rings. The van der Waals surface area contributed by atoms with Crippen molar-refractivity contribution in [2.24, 2.45) is 0 Å². The number of nitrogens with zero attached hydrogens (tertiary/aromatic N) is 3. The van der Waals surface area contributed by atoms with Gasteiger partial charge in [0.25, 0.3) is 5.91 Å². The Kier molecular flexibility index (Phi) is 4.86. The van der Waals surface area contributed by atoms with Crippen LogP contribution < -0.4 is 4.74 Å². The van der Waals surface area contributed by atoms with Crippen LogP contribution in [0.15, 0.2) is 59.5 Å². The van der Waals surface area contributed by atoms with E-state index >= 15 is 0 Å². The van der Waals surface area contributed by atoms with Gasteiger partial charge in [0, 0.05) is 10.0 Å². The number of hydrogen-bond acceptors (Lipinski definition) is 4. The standard InChI is InChI=1S/C22H19BrFN3O2/c1-13(14-4-7-16(29-3)8-5-14)27-21(28)17-10-15(23)6-9-18(17)22(27,2)20-19(24)11-25-12-26-20/h4-13H,1-3H3/t13-,22?/m1/s1. The number of benzene rings is 2. The molecule has 2 atom stereocenters. The highest BCUT2D eigenvalue weighted by Crippen LogP contribution is 2.48. The molecule has 29 heavy (non-hydrogen) atoms. The molecule has 0 radical (unpaired) electrons. The smallest absolute Gasteiger partial charge is 0.255 e. The summed E-state index contributed by atoms with van der Waals surface area (Å²) in [4.78, 5) is 23.2. The highest BCUT2D eigenvalue weighted by molar-refractivity contribution is 9.10. The molecular formula is C22H19BrFN3O2. The molecule has 0 spiro atoms. The molecule has 0 bridgehead atoms. The van der Waals surface area contributed by atoms with E-state index in [1.165, 1.54) is 6.33 Å². The number of methoxy groups -OCH3 is 1. The molecule has 0 aliphatic carbocycles. The number of rotatable bonds is 4. The molecule has 1 amide bonds. The summed E-state index contributed by atoms with van der Waals surface area (Å²) in [5.74, 6) is 0.00107. The first-order chi connectivity index (χ1) is 13.9. The van der Waals surface area contributed by atoms with Gasteiger partial charge in [-0.25, -0.2) is 14.4 Å². The van der Waals surface area contributed by atoms with Gasteiger partial charge in [0.05, 0.1) is 19.3 Å². The summed E-state index contributed by atoms with van der Waals surface area (Å²) < 4.78 is 20.9. The fourth-order valence-electron chi connectivity index (χ4n) is 4.09. The lowest BCUT2D eigenvalue weighted by molar-refractivity contribution is 0.0524. The molecule has 7 heteroatoms. The Labute approximate surface area is 176 Å². The molecule has 1 aliphatic heterocycles. The van der Waals surface area contributed by atoms with Crippen LogP contribution >= 0.6 is 15.9 Å². The Morgan fingerprint density at radius 1 is 1.21 bits per heavy atom. The summed E-state index contributed by atoms with van der Waals surface area (Å²) in [7, 11) is 1.60. The zero-order valence-electron chi connectivity index (χ0n) is 16.2. The fourth-order valence-corrected chi connectivity index (χ4v) is 4.45. The highest BCUT2D eigenvalue weighted by Gasteiger charge is 2.51. The summed E-state index contributed by atoms with van der Waals surface area (Å²) >= 11 is 3.43. The molecule has 1 aromatic heterocycles. The molecule has 0 fully saturated rings. The minimum absolute atomic E-state index is 0.169. The first-order valence-electron chi connectivity index (χ1n) is 9.11. The lowest BCUT2D eigenvalue weighted by Crippen LogP contribution is -2.45. The summed E-state index contributed by atoms with van der Waals surface area (Å²) in [6.45, 7) is 3.76. The van der Waals surface area contributed by atoms with Gasteiger partial charge in [0.2, 0.25) is 0 Å². The molecule has 3 aromatic rings. The average Bonchev–Trinajstić information content (AvgIpc) is 2.95. The van der Waals surface area contributed by atoms with Crippen molar-refractivity contribution in [3.05, 3.63) is 87.7 Å². The molecular weight excluding hydrogens is 437 g/mol. The molecule has 0 saturated heterocycles. The second-order valence-electron chi connectivity index (χ2n) is 7.11. The van der Waals surface area contributed by atoms with Crippen molar-refractivity contribution in [2.75, 3.05) is 7.11 Å². The Balaban J connectivity index is 1.91. The van der Waals surface area contributed by atoms with Crippen molar-refractivity contribution in [3.8, 4) is 5.75 Å². The topological polar surface area (TPSA) is 55.3 Å². The van der Waals surface area contributed by atoms with E-state index in [0.717, 1.165) is 22.0 Å². The van der Waals surface area contributed by atoms with Crippen LogP contribution in [0.5, 0.6) is 5.75 Å². The third-order valence-electron chi connectivity index (χ3n) is 5.55. The van der Waals surface area contributed by atoms with Crippen LogP contribution in [-0.4, -0.2) is 27.9 Å². The van der Waals surface area contributed by atoms with E-state index in [1.807, 2.05) is 50.2 Å². The van der Waals surface area contributed by atoms with Gasteiger partial charge >= 0.3 is 0 Å². The van der Waals surface area contributed by atoms with Crippen LogP contribution in [0, 0.1) is 5.82 Å². The second-order valence-corrected chi connectivity index (χ2v) is 8.02. The normalized spacial score (nSPS) is 19.2. The van der Waals surface area contributed by atoms with Gasteiger partial charge in [-0.3, -0.25) is 4.79 Å². The van der Waals surface area contributed by atoms with Crippen LogP contribution in [0.3, 0.4) is 0 Å². The number of amides is 1. The van der Waals surface area contributed by atoms with Crippen molar-refractivity contribution in [1.82, 2.24) is 14.9 Å². The summed E-state index contributed by atoms with van der Waals surface area (Å²) in [5.41, 5.74) is 1.23. The maximum absolute atomic E-state index is 14.8. The largest absolute Gasteiger partial charge is 0.497 e. The van der Waals surface area contributed by atoms with Gasteiger partial charge < -0.3 is 9.64 Å². The maximum Gasteiger partial charge on any atom is 0.255 e. The van der Waals surface area contributed by atoms with Gasteiger partial charge in [-0.1, -0.05) is 34.1 Å². The second kappa shape index (κ2) is 7.22. The maximum atomic E-state index is 14.8. The molecule has 5 nitrogen and oxygen atoms in total. The molecule has 0 N–H and O–H groups in total. The number of ether oxygens (including phenoxy) is 1. The third kappa shape index (κ3) is 3.00. The molecule has 148 valence electrons. The molecule has 2 aromatic carbocycles. The van der Waals surface area contributed by atoms with E-state index in [-0.39, 0.29) is 17.6 Å². The minimum atomic E-state index is -1.08. The monoisotopic (exact) mass is 455 g/mol. The molecule has 0 saturated carbocycles. The zero-order chi connectivity index (χ0) is 20.8. The summed E-state index contributed by atoms with van der Waals surface area (Å²) in [6.07, 6.45) is 2.44. The van der Waals surface area contributed by atoms with E-state index < -0.39 is 11.4 Å². The van der Waals surface area contributed by atoms with Crippen molar-refractivity contribution >= 4 is 21.8 Å². The number of aromatic nitrogens is 2. The van der Waals surface area contributed by atoms with Crippen LogP contribution in [-0.2, 0) is 5.54 Å². The number of carbonyl (C=O) groups excluding carboxylic acids is 1. The zero-order valence-corrected chi connectivity index (χ0v) is 17.8. The SMILES string of the molecule is COc1ccc([C@@H](C)N2C(=O)c3cc(Br)ccc3C2(C)c2ncncc2F)cc1. The summed E-state index contributed by atoms with van der Waals surface area (Å²) in [6, 6.07) is 12.6. The highest BCUT2D eigenvalue weighted by atomic mass is 79.9. The summed E-state index contributed by atoms with van der Waals surface area (Å²) in [5, 5.41) is 0. The van der Waals surface area contributed by atoms with Crippen molar-refractivity contribution < 1.29 is 13.9 Å². The number of hydrogen-bond donors (Lipinski definition) is 0. The predicted molar refractivity (Wildman–Crippen MR) is 110 cm³/mol. The average molecular weight is 456 g/mol. The van der Waals surface area contributed by atoms with Crippen LogP contribution in [0.2, 0.25) is 0 Å². The Morgan fingerprint density at radius 3 is 2.59 bits per heavy atom. The van der Waals surface area contributed by atoms with Gasteiger partial charge in [0.15, 0.2) is 5.82 Å². The minimum Gasteiger partial charge on any atom is -0.497 e. The lowest BCUT2D eigenvalue weighted by atomic mass is 9.86. The number of fused-ring (bicyclic) bond motifs is 1. The van der Waals surface area contributed by atoms with Crippen molar-refractivity contribution in [1.29, 1.82) is 0 Å². The quantitative estimate of drug-likeness (QED) is 0.563. The molecule has 2 heterocycles. The first-order valence-corrected chi connectivity index (χ1v) is 9.91. The Morgan fingerprint density at radius 2 is 1.93 bits per heavy atom. The molecule has 4 rings (SSSR count). The van der Waals surface area contributed by atoms with E-state index in [9.17, 15) is 9.18 Å². The van der Waals surface area contributed by atoms with Crippen LogP contribution in [0.4, 0.5) is 4.39 Å².